The molecule has 1 aliphatic carbocycles. The fraction of sp³-hybridized carbons (Fsp3) is 1.00. The lowest BCUT2D eigenvalue weighted by molar-refractivity contribution is -0.0626. The Morgan fingerprint density at radius 1 is 1.15 bits per heavy atom. The molecule has 0 aromatic carbocycles. The van der Waals surface area contributed by atoms with Crippen LogP contribution < -0.4 is 5.73 Å². The number of hydrogen-bond donors (Lipinski definition) is 1. The van der Waals surface area contributed by atoms with Gasteiger partial charge in [-0.2, -0.15) is 0 Å². The minimum Gasteiger partial charge on any atom is -0.325 e. The molecule has 1 aliphatic heterocycles. The summed E-state index contributed by atoms with van der Waals surface area (Å²) in [4.78, 5) is 2.24. The van der Waals surface area contributed by atoms with E-state index in [1.165, 1.54) is 0 Å². The third kappa shape index (κ3) is 1.99. The lowest BCUT2D eigenvalue weighted by Crippen LogP contribution is -2.60. The Balaban J connectivity index is 1.79. The largest absolute Gasteiger partial charge is 0.325 e. The van der Waals surface area contributed by atoms with Crippen LogP contribution in [0.4, 0.5) is 8.78 Å². The van der Waals surface area contributed by atoms with Crippen LogP contribution in [-0.2, 0) is 0 Å². The van der Waals surface area contributed by atoms with Crippen LogP contribution in [0, 0.1) is 0 Å². The van der Waals surface area contributed by atoms with E-state index in [0.717, 1.165) is 13.1 Å². The number of rotatable bonds is 1. The average Bonchev–Trinajstić information content (AvgIpc) is 2.00. The second-order valence-corrected chi connectivity index (χ2v) is 4.30. The monoisotopic (exact) mass is 190 g/mol. The number of alkyl halides is 2. The van der Waals surface area contributed by atoms with Gasteiger partial charge in [-0.15, -0.1) is 0 Å². The maximum absolute atomic E-state index is 12.8. The normalized spacial score (nSPS) is 31.6. The number of likely N-dealkylation sites (tertiary alicyclic amines) is 1. The summed E-state index contributed by atoms with van der Waals surface area (Å²) in [5.74, 6) is -2.40. The van der Waals surface area contributed by atoms with Crippen molar-refractivity contribution in [2.24, 2.45) is 5.73 Å². The molecule has 0 unspecified atom stereocenters. The third-order valence-corrected chi connectivity index (χ3v) is 3.14. The van der Waals surface area contributed by atoms with Crippen molar-refractivity contribution in [2.45, 2.75) is 43.7 Å². The molecule has 2 rings (SSSR count). The maximum Gasteiger partial charge on any atom is 0.248 e. The van der Waals surface area contributed by atoms with Crippen LogP contribution in [0.1, 0.15) is 25.7 Å². The smallest absolute Gasteiger partial charge is 0.248 e. The second kappa shape index (κ2) is 3.17. The molecule has 0 amide bonds. The summed E-state index contributed by atoms with van der Waals surface area (Å²) < 4.78 is 25.6. The summed E-state index contributed by atoms with van der Waals surface area (Å²) in [7, 11) is 0. The Bertz CT molecular complexity index is 180. The lowest BCUT2D eigenvalue weighted by Gasteiger charge is -2.45. The van der Waals surface area contributed by atoms with Gasteiger partial charge in [-0.3, -0.25) is 4.90 Å². The van der Waals surface area contributed by atoms with Gasteiger partial charge in [-0.25, -0.2) is 8.78 Å². The van der Waals surface area contributed by atoms with E-state index in [1.807, 2.05) is 0 Å². The maximum atomic E-state index is 12.8. The van der Waals surface area contributed by atoms with Crippen LogP contribution >= 0.6 is 0 Å². The molecule has 2 aliphatic rings. The summed E-state index contributed by atoms with van der Waals surface area (Å²) in [5.41, 5.74) is 5.64. The van der Waals surface area contributed by atoms with Gasteiger partial charge in [0.2, 0.25) is 5.92 Å². The predicted octanol–water partition coefficient (Wildman–Crippen LogP) is 1.21. The standard InChI is InChI=1S/C9H16F2N2/c10-9(11)3-1-8(2-4-9)13-5-7(12)6-13/h7-8H,1-6,12H2. The zero-order valence-electron chi connectivity index (χ0n) is 7.68. The first kappa shape index (κ1) is 9.34. The Hall–Kier alpha value is -0.220. The molecular formula is C9H16F2N2. The second-order valence-electron chi connectivity index (χ2n) is 4.30. The average molecular weight is 190 g/mol. The molecule has 2 N–H and O–H groups in total. The highest BCUT2D eigenvalue weighted by atomic mass is 19.3. The van der Waals surface area contributed by atoms with E-state index in [4.69, 9.17) is 5.73 Å². The molecule has 0 aromatic heterocycles. The summed E-state index contributed by atoms with van der Waals surface area (Å²) in [6, 6.07) is 0.655. The van der Waals surface area contributed by atoms with Crippen molar-refractivity contribution in [1.29, 1.82) is 0 Å². The van der Waals surface area contributed by atoms with Crippen LogP contribution in [0.3, 0.4) is 0 Å². The van der Waals surface area contributed by atoms with Crippen molar-refractivity contribution in [1.82, 2.24) is 4.90 Å². The number of halogens is 2. The molecular weight excluding hydrogens is 174 g/mol. The van der Waals surface area contributed by atoms with Crippen LogP contribution in [0.2, 0.25) is 0 Å². The van der Waals surface area contributed by atoms with Crippen LogP contribution in [0.25, 0.3) is 0 Å². The van der Waals surface area contributed by atoms with Crippen molar-refractivity contribution >= 4 is 0 Å². The molecule has 76 valence electrons. The van der Waals surface area contributed by atoms with E-state index in [2.05, 4.69) is 4.90 Å². The highest BCUT2D eigenvalue weighted by Crippen LogP contribution is 2.35. The molecule has 0 bridgehead atoms. The van der Waals surface area contributed by atoms with Crippen LogP contribution in [0.5, 0.6) is 0 Å². The first-order valence-electron chi connectivity index (χ1n) is 4.94. The molecule has 2 fully saturated rings. The Morgan fingerprint density at radius 3 is 2.15 bits per heavy atom. The van der Waals surface area contributed by atoms with Gasteiger partial charge >= 0.3 is 0 Å². The molecule has 1 saturated heterocycles. The molecule has 0 atom stereocenters. The summed E-state index contributed by atoms with van der Waals surface area (Å²) in [5, 5.41) is 0. The number of hydrogen-bond acceptors (Lipinski definition) is 2. The first-order valence-corrected chi connectivity index (χ1v) is 4.94. The van der Waals surface area contributed by atoms with Gasteiger partial charge in [-0.05, 0) is 12.8 Å². The highest BCUT2D eigenvalue weighted by molar-refractivity contribution is 4.91. The van der Waals surface area contributed by atoms with E-state index < -0.39 is 5.92 Å². The predicted molar refractivity (Wildman–Crippen MR) is 46.8 cm³/mol. The van der Waals surface area contributed by atoms with Gasteiger partial charge in [0.05, 0.1) is 0 Å². The van der Waals surface area contributed by atoms with Gasteiger partial charge in [-0.1, -0.05) is 0 Å². The SMILES string of the molecule is NC1CN(C2CCC(F)(F)CC2)C1. The van der Waals surface area contributed by atoms with Gasteiger partial charge in [0.25, 0.3) is 0 Å². The zero-order valence-corrected chi connectivity index (χ0v) is 7.68. The summed E-state index contributed by atoms with van der Waals surface area (Å²) >= 11 is 0. The van der Waals surface area contributed by atoms with Gasteiger partial charge in [0, 0.05) is 38.0 Å². The van der Waals surface area contributed by atoms with E-state index in [1.54, 1.807) is 0 Å². The Morgan fingerprint density at radius 2 is 1.69 bits per heavy atom. The van der Waals surface area contributed by atoms with Crippen molar-refractivity contribution in [3.8, 4) is 0 Å². The van der Waals surface area contributed by atoms with E-state index in [-0.39, 0.29) is 18.9 Å². The molecule has 0 radical (unpaired) electrons. The number of nitrogens with two attached hydrogens (primary N) is 1. The van der Waals surface area contributed by atoms with E-state index in [9.17, 15) is 8.78 Å². The first-order chi connectivity index (χ1) is 6.07. The molecule has 0 spiro atoms. The molecule has 0 aromatic rings. The number of nitrogens with zero attached hydrogens (tertiary/aromatic N) is 1. The van der Waals surface area contributed by atoms with E-state index >= 15 is 0 Å². The molecule has 4 heteroatoms. The fourth-order valence-electron chi connectivity index (χ4n) is 2.24. The molecule has 2 nitrogen and oxygen atoms in total. The minimum absolute atomic E-state index is 0.0589. The Kier molecular flexibility index (Phi) is 2.28. The van der Waals surface area contributed by atoms with Crippen molar-refractivity contribution in [3.05, 3.63) is 0 Å². The highest BCUT2D eigenvalue weighted by Gasteiger charge is 2.39. The van der Waals surface area contributed by atoms with Gasteiger partial charge < -0.3 is 5.73 Å². The van der Waals surface area contributed by atoms with Gasteiger partial charge in [0.1, 0.15) is 0 Å². The van der Waals surface area contributed by atoms with Crippen LogP contribution in [-0.4, -0.2) is 36.0 Å². The lowest BCUT2D eigenvalue weighted by atomic mass is 9.89. The summed E-state index contributed by atoms with van der Waals surface area (Å²) in [6.45, 7) is 1.80. The van der Waals surface area contributed by atoms with E-state index in [0.29, 0.717) is 18.9 Å². The third-order valence-electron chi connectivity index (χ3n) is 3.14. The Labute approximate surface area is 77.1 Å². The van der Waals surface area contributed by atoms with Crippen molar-refractivity contribution in [2.75, 3.05) is 13.1 Å². The zero-order chi connectivity index (χ0) is 9.47. The topological polar surface area (TPSA) is 29.3 Å². The molecule has 1 saturated carbocycles. The molecule has 1 heterocycles. The quantitative estimate of drug-likeness (QED) is 0.673. The summed E-state index contributed by atoms with van der Waals surface area (Å²) in [6.07, 6.45) is 1.40. The van der Waals surface area contributed by atoms with Crippen molar-refractivity contribution < 1.29 is 8.78 Å². The minimum atomic E-state index is -2.40. The van der Waals surface area contributed by atoms with Crippen molar-refractivity contribution in [3.63, 3.8) is 0 Å². The molecule has 13 heavy (non-hydrogen) atoms. The van der Waals surface area contributed by atoms with Crippen LogP contribution in [0.15, 0.2) is 0 Å². The fourth-order valence-corrected chi connectivity index (χ4v) is 2.24. The van der Waals surface area contributed by atoms with Gasteiger partial charge in [0.15, 0.2) is 0 Å².